The number of phenols is 6. The molecule has 12 aliphatic carbocycles. The van der Waals surface area contributed by atoms with Crippen molar-refractivity contribution >= 4 is 34.5 Å². The number of carbonyl (C=O) groups excluding carboxylic acids is 4. The molecule has 143 heavy (non-hydrogen) atoms. The molecule has 8 aromatic carbocycles. The monoisotopic (exact) mass is 1970 g/mol. The van der Waals surface area contributed by atoms with Crippen molar-refractivity contribution in [3.05, 3.63) is 236 Å². The Hall–Kier alpha value is -11.0. The van der Waals surface area contributed by atoms with Crippen LogP contribution in [-0.2, 0) is 70.9 Å². The van der Waals surface area contributed by atoms with E-state index in [2.05, 4.69) is 45.3 Å². The van der Waals surface area contributed by atoms with E-state index in [4.69, 9.17) is 9.47 Å². The minimum absolute atomic E-state index is 0.0465. The molecule has 0 aliphatic heterocycles. The van der Waals surface area contributed by atoms with Gasteiger partial charge in [-0.1, -0.05) is 107 Å². The van der Waals surface area contributed by atoms with Crippen LogP contribution in [0.25, 0.3) is 10.9 Å². The number of halogens is 8. The molecule has 0 saturated heterocycles. The smallest absolute Gasteiger partial charge is 0.253 e. The lowest BCUT2D eigenvalue weighted by atomic mass is 9.53. The molecule has 21 rings (SSSR count). The molecule has 0 spiro atoms. The first-order valence-electron chi connectivity index (χ1n) is 52.4. The van der Waals surface area contributed by atoms with E-state index in [-0.39, 0.29) is 198 Å². The van der Waals surface area contributed by atoms with E-state index in [9.17, 15) is 49.8 Å². The van der Waals surface area contributed by atoms with Crippen LogP contribution in [0, 0.1) is 99.6 Å². The number of nitrogens with one attached hydrogen (secondary N) is 5. The highest BCUT2D eigenvalue weighted by Crippen LogP contribution is 2.74. The highest BCUT2D eigenvalue weighted by atomic mass is 19.3. The number of benzene rings is 8. The molecule has 9 aromatic rings. The van der Waals surface area contributed by atoms with E-state index in [0.717, 1.165) is 111 Å². The number of hydrogen-bond donors (Lipinski definition) is 11. The predicted octanol–water partition coefficient (Wildman–Crippen LogP) is 25.1. The van der Waals surface area contributed by atoms with Crippen molar-refractivity contribution < 1.29 is 94.4 Å². The van der Waals surface area contributed by atoms with Crippen molar-refractivity contribution in [3.63, 3.8) is 0 Å². The van der Waals surface area contributed by atoms with Crippen molar-refractivity contribution in [1.29, 1.82) is 0 Å². The maximum Gasteiger partial charge on any atom is 0.253 e. The molecule has 8 fully saturated rings. The van der Waals surface area contributed by atoms with Gasteiger partial charge in [-0.05, 0) is 382 Å². The molecule has 8 saturated carbocycles. The van der Waals surface area contributed by atoms with Crippen LogP contribution in [0.2, 0.25) is 0 Å². The Morgan fingerprint density at radius 1 is 0.371 bits per heavy atom. The Kier molecular flexibility index (Phi) is 29.1. The zero-order valence-corrected chi connectivity index (χ0v) is 83.3. The summed E-state index contributed by atoms with van der Waals surface area (Å²) < 4.78 is 134. The van der Waals surface area contributed by atoms with Crippen LogP contribution >= 0.6 is 0 Å². The number of hydrogen-bond acceptors (Lipinski definition) is 12. The van der Waals surface area contributed by atoms with Gasteiger partial charge in [0, 0.05) is 122 Å². The number of fused-ring (bicyclic) bond motifs is 21. The molecule has 17 nitrogen and oxygen atoms in total. The maximum atomic E-state index is 15.5. The predicted molar refractivity (Wildman–Crippen MR) is 534 cm³/mol. The first-order chi connectivity index (χ1) is 68.2. The number of aryl methyl sites for hydroxylation is 5. The van der Waals surface area contributed by atoms with Gasteiger partial charge in [-0.3, -0.25) is 19.2 Å². The fraction of sp³-hybridized carbons (Fsp3) is 0.542. The molecule has 4 amide bonds. The Balaban J connectivity index is 0.000000126. The molecular formula is C118H141F8N5O12. The van der Waals surface area contributed by atoms with Gasteiger partial charge in [-0.25, -0.2) is 35.1 Å². The number of amides is 4. The van der Waals surface area contributed by atoms with Gasteiger partial charge in [0.15, 0.2) is 11.5 Å². The number of carbonyl (C=O) groups is 4. The number of aromatic hydroxyl groups is 6. The number of ether oxygens (including phenoxy) is 2. The number of rotatable bonds is 23. The zero-order valence-electron chi connectivity index (χ0n) is 83.3. The van der Waals surface area contributed by atoms with E-state index in [1.807, 2.05) is 110 Å². The topological polar surface area (TPSA) is 272 Å². The summed E-state index contributed by atoms with van der Waals surface area (Å²) in [6, 6.07) is 48.0. The second kappa shape index (κ2) is 40.8. The van der Waals surface area contributed by atoms with Crippen molar-refractivity contribution in [1.82, 2.24) is 26.3 Å². The molecule has 1 aromatic heterocycles. The first kappa shape index (κ1) is 102. The lowest BCUT2D eigenvalue weighted by molar-refractivity contribution is -0.133. The van der Waals surface area contributed by atoms with Crippen LogP contribution in [0.4, 0.5) is 35.1 Å². The Labute approximate surface area is 834 Å². The van der Waals surface area contributed by atoms with Gasteiger partial charge < -0.3 is 66.4 Å². The Morgan fingerprint density at radius 2 is 0.713 bits per heavy atom. The second-order valence-electron chi connectivity index (χ2n) is 45.3. The number of H-pyrrole nitrogens is 1. The SMILES string of the molecule is COc1cc(CNC(=O)CC[C@@H]2CC(F)(F)[C@@]3(C)CCC4c5ccc(O)cc5CCC4C23)cc(OC)c1.C[C@]12CCC3c4ccc(O)cc4CCC3C1[C@H](CCC(=O)NCc1ccc(O)c(O)c1)CC2(F)F.C[C@]12CCC3c4ccc(O)cc4CCC3C1[C@H](CCC(=O)NCc1ccccc1)CC2(F)F.Cc1cccc2c(CCNC(=O)CC[C@@H]3CC(F)(F)[C@@]4(C)CCC5c6ccc(O)cc6CCC5C34)c[nH]c12. The lowest BCUT2D eigenvalue weighted by Crippen LogP contribution is -2.47. The highest BCUT2D eigenvalue weighted by molar-refractivity contribution is 5.86. The molecule has 0 radical (unpaired) electrons. The summed E-state index contributed by atoms with van der Waals surface area (Å²) in [6.07, 6.45) is 16.9. The fourth-order valence-corrected chi connectivity index (χ4v) is 30.7. The van der Waals surface area contributed by atoms with Gasteiger partial charge in [0.05, 0.1) is 14.2 Å². The first-order valence-corrected chi connectivity index (χ1v) is 52.4. The van der Waals surface area contributed by atoms with Crippen LogP contribution in [-0.4, -0.2) is 104 Å². The average Bonchev–Trinajstić information content (AvgIpc) is 1.57. The van der Waals surface area contributed by atoms with E-state index in [1.165, 1.54) is 62.0 Å². The van der Waals surface area contributed by atoms with Gasteiger partial charge in [0.2, 0.25) is 23.6 Å². The lowest BCUT2D eigenvalue weighted by Gasteiger charge is -2.51. The largest absolute Gasteiger partial charge is 0.508 e. The van der Waals surface area contributed by atoms with Crippen LogP contribution in [0.3, 0.4) is 0 Å². The molecule has 11 N–H and O–H groups in total. The Bertz CT molecular complexity index is 6130. The molecule has 0 bridgehead atoms. The third kappa shape index (κ3) is 20.0. The summed E-state index contributed by atoms with van der Waals surface area (Å²) in [7, 11) is 3.15. The summed E-state index contributed by atoms with van der Waals surface area (Å²) in [6.45, 7) is 10.8. The van der Waals surface area contributed by atoms with Gasteiger partial charge in [0.25, 0.3) is 23.7 Å². The fourth-order valence-electron chi connectivity index (χ4n) is 30.7. The molecule has 12 unspecified atom stereocenters. The minimum Gasteiger partial charge on any atom is -0.508 e. The number of aromatic amines is 1. The van der Waals surface area contributed by atoms with E-state index in [1.54, 1.807) is 71.4 Å². The molecule has 1 heterocycles. The zero-order chi connectivity index (χ0) is 101. The summed E-state index contributed by atoms with van der Waals surface area (Å²) in [5.41, 5.74) is 11.5. The number of methoxy groups -OCH3 is 2. The van der Waals surface area contributed by atoms with E-state index >= 15 is 35.1 Å². The summed E-state index contributed by atoms with van der Waals surface area (Å²) >= 11 is 0. The molecular weight excluding hydrogens is 1830 g/mol. The van der Waals surface area contributed by atoms with Crippen LogP contribution in [0.1, 0.15) is 278 Å². The quantitative estimate of drug-likeness (QED) is 0.0211. The third-order valence-electron chi connectivity index (χ3n) is 37.8. The van der Waals surface area contributed by atoms with E-state index < -0.39 is 45.4 Å². The minimum atomic E-state index is -2.75. The molecule has 20 atom stereocenters. The molecule has 25 heteroatoms. The second-order valence-corrected chi connectivity index (χ2v) is 45.3. The van der Waals surface area contributed by atoms with Crippen molar-refractivity contribution in [2.75, 3.05) is 20.8 Å². The van der Waals surface area contributed by atoms with Crippen LogP contribution in [0.15, 0.2) is 164 Å². The third-order valence-corrected chi connectivity index (χ3v) is 37.8. The molecule has 766 valence electrons. The van der Waals surface area contributed by atoms with Gasteiger partial charge in [-0.15, -0.1) is 0 Å². The van der Waals surface area contributed by atoms with Gasteiger partial charge >= 0.3 is 0 Å². The Morgan fingerprint density at radius 3 is 1.06 bits per heavy atom. The number of phenolic OH excluding ortho intramolecular Hbond substituents is 6. The van der Waals surface area contributed by atoms with Crippen molar-refractivity contribution in [2.24, 2.45) is 92.7 Å². The summed E-state index contributed by atoms with van der Waals surface area (Å²) in [5.74, 6) is -8.75. The van der Waals surface area contributed by atoms with E-state index in [0.29, 0.717) is 101 Å². The summed E-state index contributed by atoms with van der Waals surface area (Å²) in [5, 5.41) is 71.6. The van der Waals surface area contributed by atoms with Crippen LogP contribution < -0.4 is 30.7 Å². The number of para-hydroxylation sites is 1. The number of alkyl halides is 8. The average molecular weight is 1970 g/mol. The normalized spacial score (nSPS) is 30.3. The highest BCUT2D eigenvalue weighted by Gasteiger charge is 2.72. The van der Waals surface area contributed by atoms with Crippen molar-refractivity contribution in [3.8, 4) is 46.0 Å². The standard InChI is InChI=1S/C32H38F2N2O2.C30H37F2NO4.C28H33F2NO4.C28H33F2NO2/c1-19-4-3-5-25-22(18-36-30(19)25)13-15-35-28(38)11-7-21-17-32(33,34)31(2)14-12-26-24-10-8-23(37)16-20(24)6-9-27(26)29(21)31;1-29-11-10-25-24-8-6-21(34)14-19(24)4-7-26(25)28(29)20(16-30(29,31)32)5-9-27(35)33-17-18-12-22(36-2)15-23(13-18)37-3;1-27-11-10-21-20-7-5-19(32)13-17(20)3-6-22(21)26(27)18(14-28(27,29)30)4-9-25(35)31-15-16-2-8-23(33)24(34)12-16;1-27-14-13-23-22-11-9-21(32)15-19(22)7-10-24(23)26(27)20(16-28(27,29)30)8-12-25(33)31-17-18-5-3-2-4-6-18/h3-5,8,10,16,18,21,26-27,29,36-37H,6-7,9,11-15,17H2,1-2H3,(H,35,38);6,8,12-15,20,25-26,28,34H,4-5,7,9-11,16-17H2,1-3H3,(H,33,35);2,5,7-8,12-13,18,21-22,26,32-34H,3-4,6,9-11,14-15H2,1H3,(H,31,35);2-6,9,11,15,20,23-24,26,32H,7-8,10,12-14,16-17H2,1H3,(H,31,33)/t21-,26?,27?,29?,31+;20-,25?,26?,28?,29+;18-,21?,22?,26?,27+;20-,23?,24?,26?,27+/m1111/s1. The van der Waals surface area contributed by atoms with Crippen molar-refractivity contribution in [2.45, 2.75) is 288 Å². The number of aromatic nitrogens is 1. The van der Waals surface area contributed by atoms with Crippen LogP contribution in [0.5, 0.6) is 46.0 Å². The maximum absolute atomic E-state index is 15.5. The van der Waals surface area contributed by atoms with Gasteiger partial charge in [-0.2, -0.15) is 0 Å². The van der Waals surface area contributed by atoms with Gasteiger partial charge in [0.1, 0.15) is 34.5 Å². The summed E-state index contributed by atoms with van der Waals surface area (Å²) in [4.78, 5) is 54.0. The molecule has 12 aliphatic rings.